The quantitative estimate of drug-likeness (QED) is 0.800. The van der Waals surface area contributed by atoms with Gasteiger partial charge in [-0.15, -0.1) is 6.42 Å². The predicted molar refractivity (Wildman–Crippen MR) is 80.3 cm³/mol. The molecule has 1 fully saturated rings. The Bertz CT molecular complexity index is 706. The molecule has 1 atom stereocenters. The molecule has 1 aliphatic rings. The van der Waals surface area contributed by atoms with E-state index >= 15 is 0 Å². The van der Waals surface area contributed by atoms with Gasteiger partial charge in [0.15, 0.2) is 9.84 Å². The average molecular weight is 360 g/mol. The van der Waals surface area contributed by atoms with E-state index in [1.807, 2.05) is 0 Å². The fraction of sp³-hybridized carbons (Fsp3) is 0.500. The first-order valence-corrected chi connectivity index (χ1v) is 8.70. The van der Waals surface area contributed by atoms with Gasteiger partial charge in [0.25, 0.3) is 5.56 Å². The molecule has 108 valence electrons. The van der Waals surface area contributed by atoms with E-state index in [-0.39, 0.29) is 29.7 Å². The molecule has 0 saturated carbocycles. The second kappa shape index (κ2) is 5.97. The molecule has 1 aromatic heterocycles. The van der Waals surface area contributed by atoms with Gasteiger partial charge in [-0.3, -0.25) is 4.79 Å². The highest BCUT2D eigenvalue weighted by molar-refractivity contribution is 9.10. The van der Waals surface area contributed by atoms with E-state index in [0.29, 0.717) is 16.6 Å². The number of nitrogens with one attached hydrogen (secondary N) is 1. The third kappa shape index (κ3) is 3.41. The van der Waals surface area contributed by atoms with Gasteiger partial charge in [0, 0.05) is 6.04 Å². The SMILES string of the molecule is C#CCn1ncc(NC2CCCS(=O)(=O)C2)c(Br)c1=O. The lowest BCUT2D eigenvalue weighted by Gasteiger charge is -2.24. The van der Waals surface area contributed by atoms with E-state index in [0.717, 1.165) is 11.1 Å². The van der Waals surface area contributed by atoms with Crippen molar-refractivity contribution in [1.82, 2.24) is 9.78 Å². The molecule has 0 aliphatic carbocycles. The third-order valence-corrected chi connectivity index (χ3v) is 5.64. The Morgan fingerprint density at radius 3 is 3.00 bits per heavy atom. The first-order valence-electron chi connectivity index (χ1n) is 6.09. The topological polar surface area (TPSA) is 81.1 Å². The van der Waals surface area contributed by atoms with Crippen molar-refractivity contribution in [3.63, 3.8) is 0 Å². The van der Waals surface area contributed by atoms with Crippen LogP contribution in [0.2, 0.25) is 0 Å². The fourth-order valence-corrected chi connectivity index (χ4v) is 4.18. The Labute approximate surface area is 125 Å². The van der Waals surface area contributed by atoms with Crippen molar-refractivity contribution in [1.29, 1.82) is 0 Å². The summed E-state index contributed by atoms with van der Waals surface area (Å²) in [5, 5.41) is 7.01. The molecule has 1 aliphatic heterocycles. The minimum Gasteiger partial charge on any atom is -0.379 e. The molecule has 2 heterocycles. The Morgan fingerprint density at radius 1 is 1.60 bits per heavy atom. The Balaban J connectivity index is 2.21. The second-order valence-electron chi connectivity index (χ2n) is 4.64. The lowest BCUT2D eigenvalue weighted by atomic mass is 10.2. The van der Waals surface area contributed by atoms with Crippen molar-refractivity contribution in [2.24, 2.45) is 0 Å². The van der Waals surface area contributed by atoms with Crippen LogP contribution in [0.15, 0.2) is 15.5 Å². The molecule has 8 heteroatoms. The van der Waals surface area contributed by atoms with E-state index < -0.39 is 9.84 Å². The van der Waals surface area contributed by atoms with Crippen LogP contribution in [0.3, 0.4) is 0 Å². The van der Waals surface area contributed by atoms with Crippen LogP contribution >= 0.6 is 15.9 Å². The standard InChI is InChI=1S/C12H14BrN3O3S/c1-2-5-16-12(17)11(13)10(7-14-16)15-9-4-3-6-20(18,19)8-9/h1,7,9,15H,3-6,8H2. The molecule has 1 unspecified atom stereocenters. The number of hydrogen-bond acceptors (Lipinski definition) is 5. The average Bonchev–Trinajstić information content (AvgIpc) is 2.37. The second-order valence-corrected chi connectivity index (χ2v) is 7.66. The van der Waals surface area contributed by atoms with Gasteiger partial charge in [0.1, 0.15) is 11.0 Å². The van der Waals surface area contributed by atoms with Crippen molar-refractivity contribution in [2.75, 3.05) is 16.8 Å². The van der Waals surface area contributed by atoms with Crippen LogP contribution in [-0.2, 0) is 16.4 Å². The van der Waals surface area contributed by atoms with Gasteiger partial charge in [0.05, 0.1) is 23.4 Å². The molecule has 20 heavy (non-hydrogen) atoms. The zero-order valence-electron chi connectivity index (χ0n) is 10.7. The lowest BCUT2D eigenvalue weighted by Crippen LogP contribution is -2.35. The summed E-state index contributed by atoms with van der Waals surface area (Å²) in [7, 11) is -3.00. The zero-order chi connectivity index (χ0) is 14.8. The van der Waals surface area contributed by atoms with Gasteiger partial charge in [-0.2, -0.15) is 5.10 Å². The Morgan fingerprint density at radius 2 is 2.35 bits per heavy atom. The summed E-state index contributed by atoms with van der Waals surface area (Å²) < 4.78 is 24.6. The normalized spacial score (nSPS) is 21.1. The zero-order valence-corrected chi connectivity index (χ0v) is 13.1. The molecule has 1 saturated heterocycles. The fourth-order valence-electron chi connectivity index (χ4n) is 2.12. The maximum atomic E-state index is 11.9. The van der Waals surface area contributed by atoms with E-state index in [1.165, 1.54) is 6.20 Å². The van der Waals surface area contributed by atoms with E-state index in [9.17, 15) is 13.2 Å². The van der Waals surface area contributed by atoms with Gasteiger partial charge >= 0.3 is 0 Å². The molecular weight excluding hydrogens is 346 g/mol. The predicted octanol–water partition coefficient (Wildman–Crippen LogP) is 0.628. The van der Waals surface area contributed by atoms with Crippen molar-refractivity contribution < 1.29 is 8.42 Å². The van der Waals surface area contributed by atoms with Crippen LogP contribution in [-0.4, -0.2) is 35.7 Å². The maximum Gasteiger partial charge on any atom is 0.284 e. The number of terminal acetylenes is 1. The number of halogens is 1. The highest BCUT2D eigenvalue weighted by Gasteiger charge is 2.25. The highest BCUT2D eigenvalue weighted by Crippen LogP contribution is 2.21. The summed E-state index contributed by atoms with van der Waals surface area (Å²) in [6.45, 7) is 0.0928. The van der Waals surface area contributed by atoms with Crippen molar-refractivity contribution in [2.45, 2.75) is 25.4 Å². The van der Waals surface area contributed by atoms with Gasteiger partial charge in [-0.1, -0.05) is 5.92 Å². The van der Waals surface area contributed by atoms with E-state index in [2.05, 4.69) is 32.3 Å². The molecule has 1 N–H and O–H groups in total. The minimum atomic E-state index is -3.00. The molecule has 0 bridgehead atoms. The van der Waals surface area contributed by atoms with Crippen LogP contribution < -0.4 is 10.9 Å². The van der Waals surface area contributed by atoms with Gasteiger partial charge < -0.3 is 5.32 Å². The lowest BCUT2D eigenvalue weighted by molar-refractivity contribution is 0.561. The van der Waals surface area contributed by atoms with Crippen LogP contribution in [0.5, 0.6) is 0 Å². The van der Waals surface area contributed by atoms with Crippen LogP contribution in [0, 0.1) is 12.3 Å². The molecule has 0 radical (unpaired) electrons. The molecule has 1 aromatic rings. The monoisotopic (exact) mass is 359 g/mol. The molecular formula is C12H14BrN3O3S. The minimum absolute atomic E-state index is 0.0763. The van der Waals surface area contributed by atoms with Crippen LogP contribution in [0.1, 0.15) is 12.8 Å². The Hall–Kier alpha value is -1.33. The van der Waals surface area contributed by atoms with Crippen LogP contribution in [0.4, 0.5) is 5.69 Å². The molecule has 2 rings (SSSR count). The summed E-state index contributed by atoms with van der Waals surface area (Å²) in [6.07, 6.45) is 8.00. The first-order chi connectivity index (χ1) is 9.43. The summed E-state index contributed by atoms with van der Waals surface area (Å²) in [5.41, 5.74) is 0.150. The largest absolute Gasteiger partial charge is 0.379 e. The van der Waals surface area contributed by atoms with E-state index in [1.54, 1.807) is 0 Å². The van der Waals surface area contributed by atoms with Crippen molar-refractivity contribution in [3.05, 3.63) is 21.0 Å². The number of anilines is 1. The summed E-state index contributed by atoms with van der Waals surface area (Å²) in [6, 6.07) is -0.199. The third-order valence-electron chi connectivity index (χ3n) is 3.05. The van der Waals surface area contributed by atoms with Crippen LogP contribution in [0.25, 0.3) is 0 Å². The molecule has 0 spiro atoms. The molecule has 6 nitrogen and oxygen atoms in total. The number of sulfone groups is 1. The summed E-state index contributed by atoms with van der Waals surface area (Å²) in [4.78, 5) is 11.9. The van der Waals surface area contributed by atoms with E-state index in [4.69, 9.17) is 6.42 Å². The van der Waals surface area contributed by atoms with Crippen molar-refractivity contribution in [3.8, 4) is 12.3 Å². The first kappa shape index (κ1) is 15.1. The molecule has 0 amide bonds. The Kier molecular flexibility index (Phi) is 4.50. The number of aromatic nitrogens is 2. The van der Waals surface area contributed by atoms with Crippen molar-refractivity contribution >= 4 is 31.5 Å². The van der Waals surface area contributed by atoms with Gasteiger partial charge in [-0.25, -0.2) is 13.1 Å². The smallest absolute Gasteiger partial charge is 0.284 e. The number of rotatable bonds is 3. The number of nitrogens with zero attached hydrogens (tertiary/aromatic N) is 2. The molecule has 0 aromatic carbocycles. The summed E-state index contributed by atoms with van der Waals surface area (Å²) >= 11 is 3.20. The maximum absolute atomic E-state index is 11.9. The summed E-state index contributed by atoms with van der Waals surface area (Å²) in [5.74, 6) is 2.65. The highest BCUT2D eigenvalue weighted by atomic mass is 79.9. The number of hydrogen-bond donors (Lipinski definition) is 1. The van der Waals surface area contributed by atoms with Gasteiger partial charge in [-0.05, 0) is 28.8 Å². The van der Waals surface area contributed by atoms with Gasteiger partial charge in [0.2, 0.25) is 0 Å².